The van der Waals surface area contributed by atoms with Crippen LogP contribution >= 0.6 is 11.6 Å². The van der Waals surface area contributed by atoms with Crippen molar-refractivity contribution in [3.05, 3.63) is 29.8 Å². The van der Waals surface area contributed by atoms with E-state index < -0.39 is 23.2 Å². The molecule has 1 heterocycles. The zero-order chi connectivity index (χ0) is 15.4. The molecule has 3 amide bonds. The van der Waals surface area contributed by atoms with E-state index in [0.29, 0.717) is 16.3 Å². The molecule has 1 aromatic rings. The number of nitrogens with zero attached hydrogens (tertiary/aromatic N) is 1. The maximum absolute atomic E-state index is 11.7. The number of rotatable bonds is 4. The van der Waals surface area contributed by atoms with Crippen molar-refractivity contribution in [3.63, 3.8) is 0 Å². The molecule has 2 rings (SSSR count). The Hall–Kier alpha value is -2.41. The predicted octanol–water partition coefficient (Wildman–Crippen LogP) is 1.61. The standard InChI is InChI=1S/C13H11ClN2O5/c14-13(20)15-9-3-1-2-8(6-9)7-12(19)21-16-10(17)4-5-11(16)18/h1-3,6H,4-5,7H2,(H,15,20). The monoisotopic (exact) mass is 310 g/mol. The van der Waals surface area contributed by atoms with Crippen LogP contribution in [0.2, 0.25) is 0 Å². The van der Waals surface area contributed by atoms with Gasteiger partial charge in [-0.3, -0.25) is 14.4 Å². The molecule has 0 bridgehead atoms. The van der Waals surface area contributed by atoms with Crippen LogP contribution < -0.4 is 5.32 Å². The van der Waals surface area contributed by atoms with E-state index in [0.717, 1.165) is 0 Å². The van der Waals surface area contributed by atoms with Gasteiger partial charge in [0, 0.05) is 18.5 Å². The first-order valence-electron chi connectivity index (χ1n) is 6.07. The van der Waals surface area contributed by atoms with Crippen LogP contribution in [0.5, 0.6) is 0 Å². The Morgan fingerprint density at radius 2 is 1.90 bits per heavy atom. The zero-order valence-corrected chi connectivity index (χ0v) is 11.6. The largest absolute Gasteiger partial charge is 0.337 e. The van der Waals surface area contributed by atoms with Crippen molar-refractivity contribution < 1.29 is 24.0 Å². The average molecular weight is 311 g/mol. The minimum Gasteiger partial charge on any atom is -0.330 e. The van der Waals surface area contributed by atoms with Gasteiger partial charge in [-0.1, -0.05) is 12.1 Å². The number of hydrogen-bond acceptors (Lipinski definition) is 5. The summed E-state index contributed by atoms with van der Waals surface area (Å²) in [6, 6.07) is 6.40. The first kappa shape index (κ1) is 15.0. The smallest absolute Gasteiger partial charge is 0.330 e. The van der Waals surface area contributed by atoms with Crippen LogP contribution in [-0.2, 0) is 25.6 Å². The second-order valence-electron chi connectivity index (χ2n) is 4.32. The van der Waals surface area contributed by atoms with Crippen molar-refractivity contribution in [2.45, 2.75) is 19.3 Å². The van der Waals surface area contributed by atoms with Gasteiger partial charge in [0.25, 0.3) is 11.8 Å². The molecular formula is C13H11ClN2O5. The number of halogens is 1. The van der Waals surface area contributed by atoms with Gasteiger partial charge >= 0.3 is 11.3 Å². The minimum absolute atomic E-state index is 0.0450. The van der Waals surface area contributed by atoms with Crippen LogP contribution in [0.3, 0.4) is 0 Å². The van der Waals surface area contributed by atoms with Crippen molar-refractivity contribution in [1.82, 2.24) is 5.06 Å². The highest BCUT2D eigenvalue weighted by Crippen LogP contribution is 2.15. The van der Waals surface area contributed by atoms with E-state index in [-0.39, 0.29) is 19.3 Å². The molecule has 0 saturated carbocycles. The van der Waals surface area contributed by atoms with Crippen molar-refractivity contribution in [3.8, 4) is 0 Å². The van der Waals surface area contributed by atoms with Gasteiger partial charge in [-0.25, -0.2) is 4.79 Å². The van der Waals surface area contributed by atoms with E-state index in [1.165, 1.54) is 6.07 Å². The molecule has 1 aliphatic heterocycles. The number of hydroxylamine groups is 2. The van der Waals surface area contributed by atoms with E-state index in [9.17, 15) is 19.2 Å². The summed E-state index contributed by atoms with van der Waals surface area (Å²) in [5, 5.41) is 2.11. The quantitative estimate of drug-likeness (QED) is 0.518. The molecule has 1 fully saturated rings. The van der Waals surface area contributed by atoms with Crippen molar-refractivity contribution in [2.24, 2.45) is 0 Å². The molecule has 0 radical (unpaired) electrons. The molecular weight excluding hydrogens is 300 g/mol. The first-order valence-corrected chi connectivity index (χ1v) is 6.45. The Balaban J connectivity index is 1.98. The van der Waals surface area contributed by atoms with Gasteiger partial charge in [-0.15, -0.1) is 5.06 Å². The summed E-state index contributed by atoms with van der Waals surface area (Å²) in [6.07, 6.45) is -0.0598. The van der Waals surface area contributed by atoms with Crippen LogP contribution in [-0.4, -0.2) is 28.2 Å². The molecule has 0 atom stereocenters. The van der Waals surface area contributed by atoms with E-state index in [1.807, 2.05) is 0 Å². The topological polar surface area (TPSA) is 92.8 Å². The zero-order valence-electron chi connectivity index (χ0n) is 10.8. The summed E-state index contributed by atoms with van der Waals surface area (Å²) >= 11 is 5.19. The van der Waals surface area contributed by atoms with E-state index in [4.69, 9.17) is 16.4 Å². The van der Waals surface area contributed by atoms with Crippen LogP contribution in [0.4, 0.5) is 10.5 Å². The Morgan fingerprint density at radius 1 is 1.24 bits per heavy atom. The first-order chi connectivity index (χ1) is 9.95. The summed E-state index contributed by atoms with van der Waals surface area (Å²) in [7, 11) is 0. The molecule has 1 saturated heterocycles. The van der Waals surface area contributed by atoms with E-state index in [1.54, 1.807) is 18.2 Å². The highest BCUT2D eigenvalue weighted by Gasteiger charge is 2.32. The Bertz CT molecular complexity index is 600. The molecule has 110 valence electrons. The lowest BCUT2D eigenvalue weighted by atomic mass is 10.1. The fourth-order valence-electron chi connectivity index (χ4n) is 1.83. The molecule has 1 aliphatic rings. The number of imide groups is 1. The molecule has 0 aliphatic carbocycles. The fourth-order valence-corrected chi connectivity index (χ4v) is 1.94. The maximum Gasteiger partial charge on any atom is 0.337 e. The third kappa shape index (κ3) is 4.03. The Morgan fingerprint density at radius 3 is 2.52 bits per heavy atom. The predicted molar refractivity (Wildman–Crippen MR) is 72.2 cm³/mol. The van der Waals surface area contributed by atoms with Gasteiger partial charge < -0.3 is 10.2 Å². The van der Waals surface area contributed by atoms with Crippen LogP contribution in [0.1, 0.15) is 18.4 Å². The SMILES string of the molecule is O=C(Cl)Nc1cccc(CC(=O)ON2C(=O)CCC2=O)c1. The second-order valence-corrected chi connectivity index (χ2v) is 4.66. The number of amides is 3. The number of hydrogen-bond donors (Lipinski definition) is 1. The summed E-state index contributed by atoms with van der Waals surface area (Å²) in [6.45, 7) is 0. The lowest BCUT2D eigenvalue weighted by molar-refractivity contribution is -0.197. The summed E-state index contributed by atoms with van der Waals surface area (Å²) in [5.74, 6) is -1.80. The highest BCUT2D eigenvalue weighted by molar-refractivity contribution is 6.65. The maximum atomic E-state index is 11.7. The van der Waals surface area contributed by atoms with Gasteiger partial charge in [-0.05, 0) is 29.3 Å². The van der Waals surface area contributed by atoms with Crippen LogP contribution in [0.15, 0.2) is 24.3 Å². The third-order valence-electron chi connectivity index (χ3n) is 2.72. The van der Waals surface area contributed by atoms with Crippen LogP contribution in [0, 0.1) is 0 Å². The summed E-state index contributed by atoms with van der Waals surface area (Å²) in [4.78, 5) is 49.8. The lowest BCUT2D eigenvalue weighted by Crippen LogP contribution is -2.32. The van der Waals surface area contributed by atoms with Crippen molar-refractivity contribution in [2.75, 3.05) is 5.32 Å². The molecule has 0 aromatic heterocycles. The molecule has 21 heavy (non-hydrogen) atoms. The number of nitrogens with one attached hydrogen (secondary N) is 1. The van der Waals surface area contributed by atoms with Gasteiger partial charge in [0.1, 0.15) is 0 Å². The van der Waals surface area contributed by atoms with Gasteiger partial charge in [0.15, 0.2) is 0 Å². The lowest BCUT2D eigenvalue weighted by Gasteiger charge is -2.12. The van der Waals surface area contributed by atoms with Crippen molar-refractivity contribution in [1.29, 1.82) is 0 Å². The third-order valence-corrected chi connectivity index (χ3v) is 2.81. The number of anilines is 1. The molecule has 7 nitrogen and oxygen atoms in total. The molecule has 1 N–H and O–H groups in total. The Kier molecular flexibility index (Phi) is 4.54. The molecule has 8 heteroatoms. The van der Waals surface area contributed by atoms with Gasteiger partial charge in [0.2, 0.25) is 0 Å². The Labute approximate surface area is 124 Å². The van der Waals surface area contributed by atoms with Gasteiger partial charge in [-0.2, -0.15) is 0 Å². The number of benzene rings is 1. The average Bonchev–Trinajstić information content (AvgIpc) is 2.70. The fraction of sp³-hybridized carbons (Fsp3) is 0.231. The van der Waals surface area contributed by atoms with Crippen LogP contribution in [0.25, 0.3) is 0 Å². The highest BCUT2D eigenvalue weighted by atomic mass is 35.5. The van der Waals surface area contributed by atoms with Crippen molar-refractivity contribution >= 4 is 40.4 Å². The summed E-state index contributed by atoms with van der Waals surface area (Å²) < 4.78 is 0. The minimum atomic E-state index is -0.747. The van der Waals surface area contributed by atoms with E-state index in [2.05, 4.69) is 5.32 Å². The molecule has 0 unspecified atom stereocenters. The molecule has 0 spiro atoms. The normalized spacial score (nSPS) is 14.2. The number of carbonyl (C=O) groups excluding carboxylic acids is 4. The second kappa shape index (κ2) is 6.36. The molecule has 1 aromatic carbocycles. The van der Waals surface area contributed by atoms with E-state index >= 15 is 0 Å². The number of carbonyl (C=O) groups is 4. The summed E-state index contributed by atoms with van der Waals surface area (Å²) in [5.41, 5.74) is 0.968. The van der Waals surface area contributed by atoms with Gasteiger partial charge in [0.05, 0.1) is 6.42 Å².